The van der Waals surface area contributed by atoms with Gasteiger partial charge in [0.05, 0.1) is 12.1 Å². The van der Waals surface area contributed by atoms with Gasteiger partial charge < -0.3 is 0 Å². The Morgan fingerprint density at radius 1 is 1.00 bits per heavy atom. The van der Waals surface area contributed by atoms with Crippen LogP contribution in [0, 0.1) is 33.5 Å². The van der Waals surface area contributed by atoms with Crippen molar-refractivity contribution >= 4 is 0 Å². The summed E-state index contributed by atoms with van der Waals surface area (Å²) in [4.78, 5) is 0. The molecule has 3 aliphatic rings. The van der Waals surface area contributed by atoms with E-state index in [-0.39, 0.29) is 10.8 Å². The summed E-state index contributed by atoms with van der Waals surface area (Å²) < 4.78 is 0. The van der Waals surface area contributed by atoms with Crippen molar-refractivity contribution in [3.05, 3.63) is 23.3 Å². The van der Waals surface area contributed by atoms with E-state index in [0.717, 1.165) is 36.8 Å². The highest BCUT2D eigenvalue weighted by molar-refractivity contribution is 5.54. The second kappa shape index (κ2) is 2.52. The van der Waals surface area contributed by atoms with E-state index in [1.807, 2.05) is 0 Å². The molecule has 0 aromatic rings. The fourth-order valence-electron chi connectivity index (χ4n) is 4.02. The largest absolute Gasteiger partial charge is 0.193 e. The predicted molar refractivity (Wildman–Crippen MR) is 55.3 cm³/mol. The van der Waals surface area contributed by atoms with Gasteiger partial charge in [0.1, 0.15) is 0 Å². The maximum atomic E-state index is 9.21. The molecule has 1 saturated carbocycles. The van der Waals surface area contributed by atoms with Crippen molar-refractivity contribution in [3.63, 3.8) is 0 Å². The van der Waals surface area contributed by atoms with Gasteiger partial charge in [0, 0.05) is 16.6 Å². The van der Waals surface area contributed by atoms with Crippen LogP contribution < -0.4 is 0 Å². The zero-order valence-electron chi connectivity index (χ0n) is 8.58. The van der Waals surface area contributed by atoms with Crippen LogP contribution in [-0.4, -0.2) is 0 Å². The average Bonchev–Trinajstić information content (AvgIpc) is 2.78. The molecule has 0 aromatic carbocycles. The van der Waals surface area contributed by atoms with Crippen LogP contribution in [0.2, 0.25) is 0 Å². The van der Waals surface area contributed by atoms with Crippen molar-refractivity contribution in [2.75, 3.05) is 0 Å². The first-order chi connectivity index (χ1) is 7.29. The minimum absolute atomic E-state index is 0.170. The lowest BCUT2D eigenvalue weighted by Gasteiger charge is -2.35. The van der Waals surface area contributed by atoms with Gasteiger partial charge in [-0.15, -0.1) is 0 Å². The minimum atomic E-state index is -0.170. The molecular weight excluding hydrogens is 184 g/mol. The Kier molecular flexibility index (Phi) is 1.47. The van der Waals surface area contributed by atoms with Gasteiger partial charge in [-0.3, -0.25) is 0 Å². The molecule has 74 valence electrons. The number of allylic oxidation sites excluding steroid dienone is 4. The molecule has 2 nitrogen and oxygen atoms in total. The van der Waals surface area contributed by atoms with Crippen molar-refractivity contribution in [2.24, 2.45) is 10.8 Å². The molecule has 0 bridgehead atoms. The molecule has 0 heterocycles. The Morgan fingerprint density at radius 3 is 2.13 bits per heavy atom. The summed E-state index contributed by atoms with van der Waals surface area (Å²) >= 11 is 0. The summed E-state index contributed by atoms with van der Waals surface area (Å²) in [5, 5.41) is 18.4. The molecule has 0 spiro atoms. The Morgan fingerprint density at radius 2 is 1.60 bits per heavy atom. The third-order valence-corrected chi connectivity index (χ3v) is 4.67. The van der Waals surface area contributed by atoms with Crippen molar-refractivity contribution in [2.45, 2.75) is 32.1 Å². The van der Waals surface area contributed by atoms with Crippen LogP contribution in [0.25, 0.3) is 0 Å². The van der Waals surface area contributed by atoms with E-state index in [2.05, 4.69) is 24.3 Å². The monoisotopic (exact) mass is 196 g/mol. The van der Waals surface area contributed by atoms with Gasteiger partial charge in [-0.2, -0.15) is 10.5 Å². The summed E-state index contributed by atoms with van der Waals surface area (Å²) in [5.41, 5.74) is 1.77. The van der Waals surface area contributed by atoms with E-state index >= 15 is 0 Å². The number of nitrogens with zero attached hydrogens (tertiary/aromatic N) is 2. The molecule has 0 N–H and O–H groups in total. The van der Waals surface area contributed by atoms with Crippen LogP contribution in [0.1, 0.15) is 32.1 Å². The zero-order chi connectivity index (χ0) is 10.5. The lowest BCUT2D eigenvalue weighted by Crippen LogP contribution is -2.31. The summed E-state index contributed by atoms with van der Waals surface area (Å²) in [7, 11) is 0. The highest BCUT2D eigenvalue weighted by Crippen LogP contribution is 2.70. The van der Waals surface area contributed by atoms with E-state index in [0.29, 0.717) is 0 Å². The number of hydrogen-bond donors (Lipinski definition) is 0. The van der Waals surface area contributed by atoms with Crippen LogP contribution in [-0.2, 0) is 0 Å². The molecule has 0 saturated heterocycles. The minimum Gasteiger partial charge on any atom is -0.193 e. The van der Waals surface area contributed by atoms with E-state index in [1.165, 1.54) is 6.42 Å². The molecular formula is C13H12N2. The second-order valence-electron chi connectivity index (χ2n) is 4.91. The maximum absolute atomic E-state index is 9.21. The molecule has 15 heavy (non-hydrogen) atoms. The van der Waals surface area contributed by atoms with Gasteiger partial charge in [0.15, 0.2) is 0 Å². The van der Waals surface area contributed by atoms with Crippen LogP contribution >= 0.6 is 0 Å². The van der Waals surface area contributed by atoms with E-state index in [1.54, 1.807) is 0 Å². The lowest BCUT2D eigenvalue weighted by atomic mass is 9.64. The molecule has 1 fully saturated rings. The smallest absolute Gasteiger partial charge is 0.0953 e. The first-order valence-corrected chi connectivity index (χ1v) is 5.51. The fourth-order valence-corrected chi connectivity index (χ4v) is 4.02. The number of rotatable bonds is 0. The van der Waals surface area contributed by atoms with E-state index < -0.39 is 0 Å². The quantitative estimate of drug-likeness (QED) is 0.598. The molecule has 0 atom stereocenters. The van der Waals surface area contributed by atoms with Crippen molar-refractivity contribution in [3.8, 4) is 12.1 Å². The van der Waals surface area contributed by atoms with Gasteiger partial charge in [-0.05, 0) is 31.1 Å². The lowest BCUT2D eigenvalue weighted by molar-refractivity contribution is 0.204. The first-order valence-electron chi connectivity index (χ1n) is 5.51. The first kappa shape index (κ1) is 8.74. The molecule has 3 aliphatic carbocycles. The highest BCUT2D eigenvalue weighted by atomic mass is 14.6. The molecule has 3 rings (SSSR count). The fraction of sp³-hybridized carbons (Fsp3) is 0.538. The number of nitriles is 2. The van der Waals surface area contributed by atoms with Gasteiger partial charge in [-0.25, -0.2) is 0 Å². The summed E-state index contributed by atoms with van der Waals surface area (Å²) in [6, 6.07) is 4.65. The Bertz CT molecular complexity index is 434. The third-order valence-electron chi connectivity index (χ3n) is 4.67. The predicted octanol–water partition coefficient (Wildman–Crippen LogP) is 2.85. The molecule has 2 heteroatoms. The van der Waals surface area contributed by atoms with Crippen LogP contribution in [0.5, 0.6) is 0 Å². The van der Waals surface area contributed by atoms with Crippen molar-refractivity contribution in [1.82, 2.24) is 0 Å². The summed E-state index contributed by atoms with van der Waals surface area (Å²) in [5.74, 6) is 0. The Hall–Kier alpha value is -1.54. The Balaban J connectivity index is 2.22. The topological polar surface area (TPSA) is 47.6 Å². The van der Waals surface area contributed by atoms with Crippen LogP contribution in [0.3, 0.4) is 0 Å². The average molecular weight is 196 g/mol. The summed E-state index contributed by atoms with van der Waals surface area (Å²) in [6.07, 6.45) is 9.49. The van der Waals surface area contributed by atoms with Gasteiger partial charge >= 0.3 is 0 Å². The van der Waals surface area contributed by atoms with E-state index in [4.69, 9.17) is 0 Å². The highest BCUT2D eigenvalue weighted by Gasteiger charge is 2.63. The SMILES string of the molecule is N#CC1=CCC23CC=C(C#N)C12CCC3. The molecule has 0 amide bonds. The normalized spacial score (nSPS) is 41.2. The molecule has 0 aliphatic heterocycles. The number of hydrogen-bond acceptors (Lipinski definition) is 2. The molecule has 0 aromatic heterocycles. The third kappa shape index (κ3) is 0.722. The van der Waals surface area contributed by atoms with E-state index in [9.17, 15) is 10.5 Å². The standard InChI is InChI=1S/C13H12N2/c14-8-10-2-6-12-4-1-5-13(10,12)11(9-15)3-7-12/h2-3H,1,4-7H2. The van der Waals surface area contributed by atoms with Crippen molar-refractivity contribution < 1.29 is 0 Å². The Labute approximate surface area is 89.5 Å². The summed E-state index contributed by atoms with van der Waals surface area (Å²) in [6.45, 7) is 0. The molecule has 0 unspecified atom stereocenters. The van der Waals surface area contributed by atoms with Crippen LogP contribution in [0.4, 0.5) is 0 Å². The second-order valence-corrected chi connectivity index (χ2v) is 4.91. The van der Waals surface area contributed by atoms with Gasteiger partial charge in [-0.1, -0.05) is 18.6 Å². The maximum Gasteiger partial charge on any atom is 0.0953 e. The van der Waals surface area contributed by atoms with Gasteiger partial charge in [0.2, 0.25) is 0 Å². The van der Waals surface area contributed by atoms with Crippen molar-refractivity contribution in [1.29, 1.82) is 10.5 Å². The van der Waals surface area contributed by atoms with Crippen LogP contribution in [0.15, 0.2) is 23.3 Å². The van der Waals surface area contributed by atoms with Gasteiger partial charge in [0.25, 0.3) is 0 Å². The zero-order valence-corrected chi connectivity index (χ0v) is 8.58. The molecule has 0 radical (unpaired) electrons.